The highest BCUT2D eigenvalue weighted by Gasteiger charge is 2.31. The van der Waals surface area contributed by atoms with Gasteiger partial charge in [0.25, 0.3) is 0 Å². The van der Waals surface area contributed by atoms with Crippen LogP contribution in [0.4, 0.5) is 0 Å². The molecule has 1 aliphatic carbocycles. The molecule has 2 nitrogen and oxygen atoms in total. The van der Waals surface area contributed by atoms with E-state index in [9.17, 15) is 5.11 Å². The third-order valence-corrected chi connectivity index (χ3v) is 4.23. The monoisotopic (exact) mass is 293 g/mol. The first-order valence-electron chi connectivity index (χ1n) is 4.99. The van der Waals surface area contributed by atoms with E-state index in [1.54, 1.807) is 0 Å². The highest BCUT2D eigenvalue weighted by Crippen LogP contribution is 2.31. The van der Waals surface area contributed by atoms with E-state index in [-0.39, 0.29) is 0 Å². The maximum atomic E-state index is 9.40. The van der Waals surface area contributed by atoms with Crippen LogP contribution in [0.5, 0.6) is 0 Å². The summed E-state index contributed by atoms with van der Waals surface area (Å²) in [5.74, 6) is 1.29. The smallest absolute Gasteiger partial charge is 0.0886 e. The molecule has 2 N–H and O–H groups in total. The van der Waals surface area contributed by atoms with Crippen LogP contribution in [0.2, 0.25) is 0 Å². The molecule has 2 aliphatic rings. The maximum Gasteiger partial charge on any atom is 0.0886 e. The number of nitrogens with one attached hydrogen (secondary N) is 1. The predicted molar refractivity (Wildman–Crippen MR) is 62.3 cm³/mol. The molecule has 0 saturated carbocycles. The molecule has 0 aromatic heterocycles. The summed E-state index contributed by atoms with van der Waals surface area (Å²) in [4.78, 5) is 0. The van der Waals surface area contributed by atoms with Gasteiger partial charge in [0.2, 0.25) is 0 Å². The number of piperidine rings is 1. The normalized spacial score (nSPS) is 39.5. The lowest BCUT2D eigenvalue weighted by molar-refractivity contribution is 0.203. The van der Waals surface area contributed by atoms with E-state index in [2.05, 4.69) is 27.9 Å². The van der Waals surface area contributed by atoms with E-state index in [0.717, 1.165) is 12.8 Å². The van der Waals surface area contributed by atoms with Crippen LogP contribution in [-0.4, -0.2) is 21.6 Å². The Morgan fingerprint density at radius 1 is 1.54 bits per heavy atom. The Labute approximate surface area is 92.9 Å². The van der Waals surface area contributed by atoms with Crippen LogP contribution in [0, 0.1) is 5.92 Å². The topological polar surface area (TPSA) is 32.3 Å². The number of fused-ring (bicyclic) bond motifs is 1. The molecule has 0 spiro atoms. The van der Waals surface area contributed by atoms with E-state index in [4.69, 9.17) is 0 Å². The first-order valence-corrected chi connectivity index (χ1v) is 6.52. The number of hydrogen-bond acceptors (Lipinski definition) is 2. The molecular weight excluding hydrogens is 277 g/mol. The van der Waals surface area contributed by atoms with Crippen molar-refractivity contribution in [1.82, 2.24) is 5.32 Å². The Hall–Kier alpha value is 0.230. The summed E-state index contributed by atoms with van der Waals surface area (Å²) in [5, 5.41) is 13.1. The quantitative estimate of drug-likeness (QED) is 0.575. The highest BCUT2D eigenvalue weighted by atomic mass is 127. The minimum atomic E-state index is 0.607. The molecule has 3 heteroatoms. The standard InChI is InChI=1S/C10H16INO/c11-6-8-2-1-7-5-9(13)3-4-10(7)12-8/h3,7-8,10,12-13H,1-2,4-6H2. The van der Waals surface area contributed by atoms with E-state index in [1.807, 2.05) is 6.08 Å². The summed E-state index contributed by atoms with van der Waals surface area (Å²) in [6.07, 6.45) is 6.44. The van der Waals surface area contributed by atoms with Crippen molar-refractivity contribution in [3.05, 3.63) is 11.8 Å². The number of alkyl halides is 1. The van der Waals surface area contributed by atoms with Crippen LogP contribution in [0.3, 0.4) is 0 Å². The summed E-state index contributed by atoms with van der Waals surface area (Å²) in [7, 11) is 0. The lowest BCUT2D eigenvalue weighted by atomic mass is 9.80. The minimum Gasteiger partial charge on any atom is -0.513 e. The molecule has 3 unspecified atom stereocenters. The van der Waals surface area contributed by atoms with Crippen LogP contribution >= 0.6 is 22.6 Å². The van der Waals surface area contributed by atoms with Gasteiger partial charge in [-0.1, -0.05) is 22.6 Å². The third kappa shape index (κ3) is 2.18. The lowest BCUT2D eigenvalue weighted by Crippen LogP contribution is -2.49. The van der Waals surface area contributed by atoms with Gasteiger partial charge < -0.3 is 10.4 Å². The van der Waals surface area contributed by atoms with Gasteiger partial charge in [-0.2, -0.15) is 0 Å². The molecule has 74 valence electrons. The van der Waals surface area contributed by atoms with Crippen LogP contribution < -0.4 is 5.32 Å². The molecule has 3 atom stereocenters. The number of allylic oxidation sites excluding steroid dienone is 1. The molecular formula is C10H16INO. The number of halogens is 1. The average molecular weight is 293 g/mol. The second kappa shape index (κ2) is 4.17. The van der Waals surface area contributed by atoms with Gasteiger partial charge in [0, 0.05) is 22.9 Å². The zero-order chi connectivity index (χ0) is 9.26. The Morgan fingerprint density at radius 2 is 2.38 bits per heavy atom. The van der Waals surface area contributed by atoms with Crippen molar-refractivity contribution in [2.75, 3.05) is 4.43 Å². The van der Waals surface area contributed by atoms with Gasteiger partial charge in [-0.3, -0.25) is 0 Å². The Bertz CT molecular complexity index is 217. The summed E-state index contributed by atoms with van der Waals surface area (Å²) in [5.41, 5.74) is 0. The van der Waals surface area contributed by atoms with Gasteiger partial charge in [-0.05, 0) is 31.3 Å². The fourth-order valence-electron chi connectivity index (χ4n) is 2.38. The van der Waals surface area contributed by atoms with Gasteiger partial charge in [-0.15, -0.1) is 0 Å². The second-order valence-corrected chi connectivity index (χ2v) is 4.98. The van der Waals surface area contributed by atoms with Crippen molar-refractivity contribution in [1.29, 1.82) is 0 Å². The van der Waals surface area contributed by atoms with E-state index >= 15 is 0 Å². The maximum absolute atomic E-state index is 9.40. The molecule has 2 rings (SSSR count). The number of rotatable bonds is 1. The molecule has 1 aliphatic heterocycles. The Balaban J connectivity index is 1.98. The van der Waals surface area contributed by atoms with Crippen molar-refractivity contribution in [2.24, 2.45) is 5.92 Å². The van der Waals surface area contributed by atoms with Gasteiger partial charge in [0.1, 0.15) is 0 Å². The number of aliphatic hydroxyl groups is 1. The highest BCUT2D eigenvalue weighted by molar-refractivity contribution is 14.1. The zero-order valence-electron chi connectivity index (χ0n) is 7.67. The summed E-state index contributed by atoms with van der Waals surface area (Å²) >= 11 is 2.45. The number of hydrogen-bond donors (Lipinski definition) is 2. The molecule has 1 heterocycles. The molecule has 13 heavy (non-hydrogen) atoms. The largest absolute Gasteiger partial charge is 0.513 e. The van der Waals surface area contributed by atoms with E-state index < -0.39 is 0 Å². The summed E-state index contributed by atoms with van der Waals surface area (Å²) < 4.78 is 1.21. The van der Waals surface area contributed by atoms with Gasteiger partial charge >= 0.3 is 0 Å². The van der Waals surface area contributed by atoms with Crippen LogP contribution in [0.25, 0.3) is 0 Å². The molecule has 0 aromatic carbocycles. The fourth-order valence-corrected chi connectivity index (χ4v) is 3.07. The van der Waals surface area contributed by atoms with Gasteiger partial charge in [0.15, 0.2) is 0 Å². The van der Waals surface area contributed by atoms with Crippen LogP contribution in [0.1, 0.15) is 25.7 Å². The van der Waals surface area contributed by atoms with E-state index in [0.29, 0.717) is 23.8 Å². The van der Waals surface area contributed by atoms with Crippen LogP contribution in [0.15, 0.2) is 11.8 Å². The van der Waals surface area contributed by atoms with Crippen molar-refractivity contribution in [3.63, 3.8) is 0 Å². The molecule has 1 fully saturated rings. The van der Waals surface area contributed by atoms with Gasteiger partial charge in [0.05, 0.1) is 5.76 Å². The van der Waals surface area contributed by atoms with Crippen molar-refractivity contribution in [3.8, 4) is 0 Å². The fraction of sp³-hybridized carbons (Fsp3) is 0.800. The van der Waals surface area contributed by atoms with Crippen molar-refractivity contribution in [2.45, 2.75) is 37.8 Å². The minimum absolute atomic E-state index is 0.607. The average Bonchev–Trinajstić information content (AvgIpc) is 2.17. The first-order chi connectivity index (χ1) is 6.29. The van der Waals surface area contributed by atoms with Crippen molar-refractivity contribution < 1.29 is 5.11 Å². The SMILES string of the molecule is OC1=CCC2NC(CI)CCC2C1. The molecule has 0 radical (unpaired) electrons. The van der Waals surface area contributed by atoms with Gasteiger partial charge in [-0.25, -0.2) is 0 Å². The molecule has 0 bridgehead atoms. The summed E-state index contributed by atoms with van der Waals surface area (Å²) in [6, 6.07) is 1.33. The molecule has 0 amide bonds. The zero-order valence-corrected chi connectivity index (χ0v) is 9.83. The Kier molecular flexibility index (Phi) is 3.14. The van der Waals surface area contributed by atoms with E-state index in [1.165, 1.54) is 17.3 Å². The van der Waals surface area contributed by atoms with Crippen LogP contribution in [-0.2, 0) is 0 Å². The summed E-state index contributed by atoms with van der Waals surface area (Å²) in [6.45, 7) is 0. The predicted octanol–water partition coefficient (Wildman–Crippen LogP) is 2.39. The van der Waals surface area contributed by atoms with Crippen molar-refractivity contribution >= 4 is 22.6 Å². The lowest BCUT2D eigenvalue weighted by Gasteiger charge is -2.38. The number of aliphatic hydroxyl groups excluding tert-OH is 1. The Morgan fingerprint density at radius 3 is 3.15 bits per heavy atom. The third-order valence-electron chi connectivity index (χ3n) is 3.17. The molecule has 0 aromatic rings. The molecule has 1 saturated heterocycles. The second-order valence-electron chi connectivity index (χ2n) is 4.10. The first kappa shape index (κ1) is 9.77.